The Bertz CT molecular complexity index is 878. The van der Waals surface area contributed by atoms with E-state index in [0.29, 0.717) is 17.9 Å². The fourth-order valence-electron chi connectivity index (χ4n) is 6.29. The number of hydrogen-bond acceptors (Lipinski definition) is 3. The van der Waals surface area contributed by atoms with Crippen molar-refractivity contribution < 1.29 is 24.1 Å². The van der Waals surface area contributed by atoms with Crippen LogP contribution in [0.4, 0.5) is 5.69 Å². The molecule has 1 aromatic rings. The molecule has 37 heavy (non-hydrogen) atoms. The van der Waals surface area contributed by atoms with Gasteiger partial charge in [-0.25, -0.2) is 0 Å². The summed E-state index contributed by atoms with van der Waals surface area (Å²) in [7, 11) is 8.81. The molecule has 2 fully saturated rings. The molecule has 1 aliphatic heterocycles. The average Bonchev–Trinajstić information content (AvgIpc) is 3.47. The van der Waals surface area contributed by atoms with E-state index in [1.165, 1.54) is 57.4 Å². The SMILES string of the molecule is COC1=CC2C(C=C1)C([Si](C)(C)[N-]C(C)(C)C)CC2N1CCCC1.[CH2-]c1ccccc1N(C)C.[CH3-].[Cl][Ti+3]. The van der Waals surface area contributed by atoms with E-state index in [4.69, 9.17) is 9.72 Å². The van der Waals surface area contributed by atoms with Crippen molar-refractivity contribution in [2.45, 2.75) is 70.2 Å². The van der Waals surface area contributed by atoms with Gasteiger partial charge in [-0.1, -0.05) is 71.5 Å². The van der Waals surface area contributed by atoms with E-state index in [-0.39, 0.29) is 13.0 Å². The number of ether oxygens (including phenoxy) is 1. The van der Waals surface area contributed by atoms with Gasteiger partial charge in [-0.3, -0.25) is 4.90 Å². The molecule has 1 heterocycles. The van der Waals surface area contributed by atoms with Crippen LogP contribution in [0.2, 0.25) is 18.6 Å². The molecule has 7 heteroatoms. The molecule has 4 unspecified atom stereocenters. The Balaban J connectivity index is 0.000000444. The molecule has 1 saturated carbocycles. The summed E-state index contributed by atoms with van der Waals surface area (Å²) in [6, 6.07) is 8.76. The zero-order chi connectivity index (χ0) is 27.1. The second kappa shape index (κ2) is 15.2. The van der Waals surface area contributed by atoms with Gasteiger partial charge in [0.2, 0.25) is 0 Å². The number of methoxy groups -OCH3 is 1. The molecule has 3 aliphatic rings. The molecule has 206 valence electrons. The van der Waals surface area contributed by atoms with Crippen LogP contribution in [0, 0.1) is 26.2 Å². The maximum absolute atomic E-state index is 5.56. The standard InChI is InChI=1S/C20H35N2OSi.C9H12N.CH3.ClH.Ti/c1-20(2,3)21-24(5,6)19-14-18(22-11-7-8-12-22)17-13-15(23-4)9-10-16(17)19;1-8-6-4-5-7-9(8)10(2)3;;;/h9-10,13,16-19H,7-8,11-12,14H2,1-6H3;4-7H,1H2,2-3H3;1H3;1H;/q3*-1;;+4/p-1. The Hall–Kier alpha value is -0.689. The van der Waals surface area contributed by atoms with Gasteiger partial charge in [-0.15, -0.1) is 11.6 Å². The summed E-state index contributed by atoms with van der Waals surface area (Å²) in [5.74, 6) is 2.30. The van der Waals surface area contributed by atoms with E-state index in [2.05, 4.69) is 84.2 Å². The molecule has 1 aromatic carbocycles. The van der Waals surface area contributed by atoms with Gasteiger partial charge in [0, 0.05) is 12.0 Å². The van der Waals surface area contributed by atoms with Crippen molar-refractivity contribution in [3.8, 4) is 0 Å². The number of anilines is 1. The Labute approximate surface area is 245 Å². The van der Waals surface area contributed by atoms with Gasteiger partial charge in [0.25, 0.3) is 0 Å². The van der Waals surface area contributed by atoms with Crippen LogP contribution < -0.4 is 4.90 Å². The Morgan fingerprint density at radius 3 is 2.19 bits per heavy atom. The van der Waals surface area contributed by atoms with Gasteiger partial charge in [-0.05, 0) is 64.5 Å². The van der Waals surface area contributed by atoms with Gasteiger partial charge in [0.15, 0.2) is 0 Å². The van der Waals surface area contributed by atoms with E-state index in [0.717, 1.165) is 16.9 Å². The average molecular weight is 580 g/mol. The number of rotatable bonds is 5. The molecule has 0 aromatic heterocycles. The van der Waals surface area contributed by atoms with Gasteiger partial charge in [0.1, 0.15) is 5.76 Å². The minimum absolute atomic E-state index is 0. The minimum atomic E-state index is -1.66. The Kier molecular flexibility index (Phi) is 14.1. The molecule has 2 aliphatic carbocycles. The van der Waals surface area contributed by atoms with Gasteiger partial charge in [-0.2, -0.15) is 18.6 Å². The molecule has 4 nitrogen and oxygen atoms in total. The van der Waals surface area contributed by atoms with Crippen molar-refractivity contribution in [1.82, 2.24) is 4.90 Å². The third-order valence-electron chi connectivity index (χ3n) is 7.54. The van der Waals surface area contributed by atoms with Crippen LogP contribution in [0.3, 0.4) is 0 Å². The van der Waals surface area contributed by atoms with Gasteiger partial charge < -0.3 is 22.0 Å². The predicted molar refractivity (Wildman–Crippen MR) is 162 cm³/mol. The Morgan fingerprint density at radius 2 is 1.70 bits per heavy atom. The van der Waals surface area contributed by atoms with E-state index in [1.54, 1.807) is 7.11 Å². The molecule has 0 amide bonds. The number of fused-ring (bicyclic) bond motifs is 1. The third kappa shape index (κ3) is 9.47. The normalized spacial score (nSPS) is 25.0. The quantitative estimate of drug-likeness (QED) is 0.261. The first-order chi connectivity index (χ1) is 16.9. The second-order valence-corrected chi connectivity index (χ2v) is 16.2. The number of hydrogen-bond donors (Lipinski definition) is 0. The van der Waals surface area contributed by atoms with E-state index >= 15 is 0 Å². The Morgan fingerprint density at radius 1 is 1.11 bits per heavy atom. The van der Waals surface area contributed by atoms with Gasteiger partial charge in [0.05, 0.1) is 7.11 Å². The molecule has 0 radical (unpaired) electrons. The van der Waals surface area contributed by atoms with Crippen molar-refractivity contribution >= 4 is 23.2 Å². The summed E-state index contributed by atoms with van der Waals surface area (Å²) >= 11 is 1.47. The van der Waals surface area contributed by atoms with Crippen LogP contribution in [-0.2, 0) is 24.1 Å². The van der Waals surface area contributed by atoms with Crippen LogP contribution in [0.15, 0.2) is 48.3 Å². The summed E-state index contributed by atoms with van der Waals surface area (Å²) in [6.07, 6.45) is 11.1. The fraction of sp³-hybridized carbons (Fsp3) is 0.600. The van der Waals surface area contributed by atoms with E-state index in [9.17, 15) is 0 Å². The molecule has 4 rings (SSSR count). The van der Waals surface area contributed by atoms with Crippen LogP contribution in [0.5, 0.6) is 0 Å². The van der Waals surface area contributed by atoms with Crippen LogP contribution in [-0.4, -0.2) is 59.0 Å². The molecule has 4 atom stereocenters. The first kappa shape index (κ1) is 34.3. The molecular weight excluding hydrogens is 530 g/mol. The maximum atomic E-state index is 5.56. The summed E-state index contributed by atoms with van der Waals surface area (Å²) in [5.41, 5.74) is 3.07. The zero-order valence-corrected chi connectivity index (χ0v) is 28.0. The molecule has 0 spiro atoms. The van der Waals surface area contributed by atoms with Crippen molar-refractivity contribution in [3.05, 3.63) is 73.1 Å². The van der Waals surface area contributed by atoms with Crippen LogP contribution in [0.25, 0.3) is 4.98 Å². The molecule has 1 saturated heterocycles. The fourth-order valence-corrected chi connectivity index (χ4v) is 10.3. The van der Waals surface area contributed by atoms with Crippen molar-refractivity contribution in [2.24, 2.45) is 11.8 Å². The number of benzene rings is 1. The number of halogens is 1. The van der Waals surface area contributed by atoms with Crippen LogP contribution in [0.1, 0.15) is 45.6 Å². The van der Waals surface area contributed by atoms with E-state index < -0.39 is 8.24 Å². The van der Waals surface area contributed by atoms with Crippen molar-refractivity contribution in [3.63, 3.8) is 0 Å². The van der Waals surface area contributed by atoms with E-state index in [1.807, 2.05) is 32.3 Å². The number of likely N-dealkylation sites (tertiary alicyclic amines) is 1. The first-order valence-electron chi connectivity index (χ1n) is 13.1. The monoisotopic (exact) mass is 579 g/mol. The summed E-state index contributed by atoms with van der Waals surface area (Å²) in [5, 5.41) is 0. The summed E-state index contributed by atoms with van der Waals surface area (Å²) in [4.78, 5) is 10.2. The van der Waals surface area contributed by atoms with Crippen molar-refractivity contribution in [1.29, 1.82) is 0 Å². The third-order valence-corrected chi connectivity index (χ3v) is 11.2. The summed E-state index contributed by atoms with van der Waals surface area (Å²) < 4.78 is 5.56. The zero-order valence-electron chi connectivity index (χ0n) is 24.7. The second-order valence-electron chi connectivity index (χ2n) is 11.9. The number of para-hydroxylation sites is 1. The topological polar surface area (TPSA) is 29.8 Å². The van der Waals surface area contributed by atoms with Crippen LogP contribution >= 0.6 is 9.30 Å². The number of nitrogens with zero attached hydrogens (tertiary/aromatic N) is 3. The van der Waals surface area contributed by atoms with Crippen molar-refractivity contribution in [2.75, 3.05) is 39.2 Å². The first-order valence-corrected chi connectivity index (χ1v) is 18.3. The summed E-state index contributed by atoms with van der Waals surface area (Å²) in [6.45, 7) is 18.2. The number of allylic oxidation sites excluding steroid dienone is 2. The predicted octanol–water partition coefficient (Wildman–Crippen LogP) is 8.01. The van der Waals surface area contributed by atoms with Gasteiger partial charge >= 0.3 is 28.7 Å². The molecule has 0 bridgehead atoms. The molecular formula is C30H50ClN3OSiTi. The molecule has 0 N–H and O–H groups in total.